The van der Waals surface area contributed by atoms with Gasteiger partial charge in [0.25, 0.3) is 0 Å². The first-order chi connectivity index (χ1) is 9.06. The Bertz CT molecular complexity index is 541. The number of nitrogens with two attached hydrogens (primary N) is 1. The predicted octanol–water partition coefficient (Wildman–Crippen LogP) is 4.27. The highest BCUT2D eigenvalue weighted by atomic mass is 35.5. The summed E-state index contributed by atoms with van der Waals surface area (Å²) in [5, 5.41) is 3.50. The monoisotopic (exact) mass is 284 g/mol. The molecule has 0 saturated carbocycles. The molecule has 0 spiro atoms. The van der Waals surface area contributed by atoms with E-state index in [9.17, 15) is 8.78 Å². The van der Waals surface area contributed by atoms with Crippen molar-refractivity contribution in [3.05, 3.63) is 47.5 Å². The number of anilines is 3. The molecule has 0 heterocycles. The third-order valence-corrected chi connectivity index (χ3v) is 2.71. The maximum Gasteiger partial charge on any atom is 0.387 e. The Morgan fingerprint density at radius 1 is 1.11 bits per heavy atom. The Morgan fingerprint density at radius 3 is 2.37 bits per heavy atom. The van der Waals surface area contributed by atoms with Crippen LogP contribution in [0.3, 0.4) is 0 Å². The molecule has 0 radical (unpaired) electrons. The summed E-state index contributed by atoms with van der Waals surface area (Å²) >= 11 is 6.01. The average Bonchev–Trinajstić information content (AvgIpc) is 2.35. The lowest BCUT2D eigenvalue weighted by molar-refractivity contribution is -0.0498. The second-order valence-electron chi connectivity index (χ2n) is 3.73. The van der Waals surface area contributed by atoms with Crippen molar-refractivity contribution in [1.82, 2.24) is 0 Å². The highest BCUT2D eigenvalue weighted by molar-refractivity contribution is 6.34. The first kappa shape index (κ1) is 13.4. The third-order valence-electron chi connectivity index (χ3n) is 2.39. The van der Waals surface area contributed by atoms with E-state index >= 15 is 0 Å². The molecule has 19 heavy (non-hydrogen) atoms. The fourth-order valence-corrected chi connectivity index (χ4v) is 1.77. The Morgan fingerprint density at radius 2 is 1.79 bits per heavy atom. The molecule has 0 aliphatic carbocycles. The Balaban J connectivity index is 2.15. The molecule has 3 nitrogen and oxygen atoms in total. The number of nitrogen functional groups attached to an aromatic ring is 1. The van der Waals surface area contributed by atoms with E-state index in [1.807, 2.05) is 0 Å². The van der Waals surface area contributed by atoms with E-state index in [1.54, 1.807) is 30.3 Å². The molecule has 0 amide bonds. The second-order valence-corrected chi connectivity index (χ2v) is 4.14. The predicted molar refractivity (Wildman–Crippen MR) is 72.2 cm³/mol. The molecular formula is C13H11ClF2N2O. The number of para-hydroxylation sites is 1. The molecule has 0 atom stereocenters. The lowest BCUT2D eigenvalue weighted by atomic mass is 10.2. The van der Waals surface area contributed by atoms with Gasteiger partial charge in [0.15, 0.2) is 0 Å². The molecule has 0 unspecified atom stereocenters. The maximum absolute atomic E-state index is 12.0. The number of hydrogen-bond acceptors (Lipinski definition) is 3. The van der Waals surface area contributed by atoms with Crippen LogP contribution < -0.4 is 15.8 Å². The van der Waals surface area contributed by atoms with Crippen LogP contribution in [-0.4, -0.2) is 6.61 Å². The summed E-state index contributed by atoms with van der Waals surface area (Å²) < 4.78 is 28.3. The van der Waals surface area contributed by atoms with Gasteiger partial charge in [-0.15, -0.1) is 0 Å². The highest BCUT2D eigenvalue weighted by Gasteiger charge is 2.06. The van der Waals surface area contributed by atoms with Crippen LogP contribution in [0.1, 0.15) is 0 Å². The van der Waals surface area contributed by atoms with Crippen molar-refractivity contribution in [2.45, 2.75) is 6.61 Å². The van der Waals surface area contributed by atoms with Crippen LogP contribution in [0.4, 0.5) is 25.8 Å². The van der Waals surface area contributed by atoms with Crippen molar-refractivity contribution < 1.29 is 13.5 Å². The summed E-state index contributed by atoms with van der Waals surface area (Å²) in [4.78, 5) is 0. The van der Waals surface area contributed by atoms with Gasteiger partial charge in [0.05, 0.1) is 16.4 Å². The minimum atomic E-state index is -2.84. The molecule has 2 aromatic rings. The second kappa shape index (κ2) is 5.75. The fraction of sp³-hybridized carbons (Fsp3) is 0.0769. The van der Waals surface area contributed by atoms with Crippen molar-refractivity contribution in [1.29, 1.82) is 0 Å². The maximum atomic E-state index is 12.0. The van der Waals surface area contributed by atoms with E-state index in [1.165, 1.54) is 12.1 Å². The third kappa shape index (κ3) is 3.48. The summed E-state index contributed by atoms with van der Waals surface area (Å²) in [5.74, 6) is 0.0904. The Kier molecular flexibility index (Phi) is 4.06. The van der Waals surface area contributed by atoms with E-state index < -0.39 is 6.61 Å². The number of halogens is 3. The molecule has 0 bridgehead atoms. The summed E-state index contributed by atoms with van der Waals surface area (Å²) in [7, 11) is 0. The average molecular weight is 285 g/mol. The largest absolute Gasteiger partial charge is 0.435 e. The zero-order valence-corrected chi connectivity index (χ0v) is 10.5. The van der Waals surface area contributed by atoms with Gasteiger partial charge in [-0.05, 0) is 36.4 Å². The summed E-state index contributed by atoms with van der Waals surface area (Å²) in [5.41, 5.74) is 7.54. The number of rotatable bonds is 4. The van der Waals surface area contributed by atoms with E-state index in [0.29, 0.717) is 22.1 Å². The van der Waals surface area contributed by atoms with Crippen molar-refractivity contribution in [2.75, 3.05) is 11.1 Å². The summed E-state index contributed by atoms with van der Waals surface area (Å²) in [6.45, 7) is -2.84. The van der Waals surface area contributed by atoms with Crippen LogP contribution >= 0.6 is 11.6 Å². The van der Waals surface area contributed by atoms with Gasteiger partial charge in [-0.2, -0.15) is 8.78 Å². The van der Waals surface area contributed by atoms with E-state index in [4.69, 9.17) is 17.3 Å². The smallest absolute Gasteiger partial charge is 0.387 e. The first-order valence-corrected chi connectivity index (χ1v) is 5.80. The summed E-state index contributed by atoms with van der Waals surface area (Å²) in [6, 6.07) is 11.2. The first-order valence-electron chi connectivity index (χ1n) is 5.42. The number of alkyl halides is 2. The van der Waals surface area contributed by atoms with Gasteiger partial charge in [0.1, 0.15) is 5.75 Å². The molecule has 0 saturated heterocycles. The fourth-order valence-electron chi connectivity index (χ4n) is 1.54. The van der Waals surface area contributed by atoms with Crippen LogP contribution in [0.2, 0.25) is 5.02 Å². The molecule has 100 valence electrons. The summed E-state index contributed by atoms with van der Waals surface area (Å²) in [6.07, 6.45) is 0. The molecule has 0 fully saturated rings. The van der Waals surface area contributed by atoms with Gasteiger partial charge < -0.3 is 15.8 Å². The van der Waals surface area contributed by atoms with Gasteiger partial charge in [-0.1, -0.05) is 17.7 Å². The molecule has 3 N–H and O–H groups in total. The van der Waals surface area contributed by atoms with Crippen LogP contribution in [0.15, 0.2) is 42.5 Å². The van der Waals surface area contributed by atoms with Crippen LogP contribution in [0.25, 0.3) is 0 Å². The Labute approximate surface area is 113 Å². The minimum Gasteiger partial charge on any atom is -0.435 e. The molecule has 2 aromatic carbocycles. The van der Waals surface area contributed by atoms with Gasteiger partial charge in [0, 0.05) is 5.69 Å². The van der Waals surface area contributed by atoms with Crippen molar-refractivity contribution >= 4 is 28.7 Å². The molecule has 0 aliphatic rings. The number of nitrogens with one attached hydrogen (secondary N) is 1. The standard InChI is InChI=1S/C13H11ClF2N2O/c14-10-2-1-3-11(17)12(10)18-8-4-6-9(7-5-8)19-13(15)16/h1-7,13,18H,17H2. The van der Waals surface area contributed by atoms with Crippen LogP contribution in [0.5, 0.6) is 5.75 Å². The van der Waals surface area contributed by atoms with E-state index in [2.05, 4.69) is 10.1 Å². The molecular weight excluding hydrogens is 274 g/mol. The molecule has 0 aromatic heterocycles. The zero-order valence-electron chi connectivity index (χ0n) is 9.74. The normalized spacial score (nSPS) is 10.5. The van der Waals surface area contributed by atoms with Crippen molar-refractivity contribution in [3.8, 4) is 5.75 Å². The number of ether oxygens (including phenoxy) is 1. The molecule has 6 heteroatoms. The van der Waals surface area contributed by atoms with E-state index in [-0.39, 0.29) is 5.75 Å². The highest BCUT2D eigenvalue weighted by Crippen LogP contribution is 2.31. The van der Waals surface area contributed by atoms with Gasteiger partial charge in [-0.25, -0.2) is 0 Å². The Hall–Kier alpha value is -2.01. The van der Waals surface area contributed by atoms with Gasteiger partial charge in [0.2, 0.25) is 0 Å². The van der Waals surface area contributed by atoms with Gasteiger partial charge in [-0.3, -0.25) is 0 Å². The molecule has 2 rings (SSSR count). The lowest BCUT2D eigenvalue weighted by Gasteiger charge is -2.11. The molecule has 0 aliphatic heterocycles. The minimum absolute atomic E-state index is 0.0904. The topological polar surface area (TPSA) is 47.3 Å². The SMILES string of the molecule is Nc1cccc(Cl)c1Nc1ccc(OC(F)F)cc1. The van der Waals surface area contributed by atoms with Crippen molar-refractivity contribution in [2.24, 2.45) is 0 Å². The zero-order chi connectivity index (χ0) is 13.8. The number of hydrogen-bond donors (Lipinski definition) is 2. The number of benzene rings is 2. The van der Waals surface area contributed by atoms with Crippen LogP contribution in [0, 0.1) is 0 Å². The quantitative estimate of drug-likeness (QED) is 0.824. The van der Waals surface area contributed by atoms with Crippen LogP contribution in [-0.2, 0) is 0 Å². The van der Waals surface area contributed by atoms with E-state index in [0.717, 1.165) is 0 Å². The van der Waals surface area contributed by atoms with Gasteiger partial charge >= 0.3 is 6.61 Å². The lowest BCUT2D eigenvalue weighted by Crippen LogP contribution is -2.02. The van der Waals surface area contributed by atoms with Crippen molar-refractivity contribution in [3.63, 3.8) is 0 Å².